The van der Waals surface area contributed by atoms with Crippen LogP contribution in [0.4, 0.5) is 8.78 Å². The van der Waals surface area contributed by atoms with Crippen LogP contribution >= 0.6 is 11.8 Å². The van der Waals surface area contributed by atoms with Gasteiger partial charge in [0, 0.05) is 6.54 Å². The summed E-state index contributed by atoms with van der Waals surface area (Å²) in [7, 11) is 0. The van der Waals surface area contributed by atoms with E-state index in [2.05, 4.69) is 10.3 Å². The van der Waals surface area contributed by atoms with E-state index >= 15 is 0 Å². The first kappa shape index (κ1) is 14.0. The van der Waals surface area contributed by atoms with Crippen molar-refractivity contribution < 1.29 is 23.7 Å². The molecular formula is C10H16F2N2O3S. The van der Waals surface area contributed by atoms with Crippen LogP contribution in [0.1, 0.15) is 13.3 Å². The Labute approximate surface area is 108 Å². The second-order valence-corrected chi connectivity index (χ2v) is 5.35. The molecule has 5 atom stereocenters. The van der Waals surface area contributed by atoms with Gasteiger partial charge < -0.3 is 20.3 Å². The summed E-state index contributed by atoms with van der Waals surface area (Å²) in [6, 6.07) is -0.601. The van der Waals surface area contributed by atoms with Crippen LogP contribution in [-0.4, -0.2) is 58.1 Å². The van der Waals surface area contributed by atoms with Gasteiger partial charge in [0.05, 0.1) is 6.04 Å². The minimum Gasteiger partial charge on any atom is -0.388 e. The molecule has 104 valence electrons. The maximum absolute atomic E-state index is 12.6. The highest BCUT2D eigenvalue weighted by Crippen LogP contribution is 2.35. The molecule has 0 bridgehead atoms. The number of hydrogen-bond acceptors (Lipinski definition) is 5. The van der Waals surface area contributed by atoms with Gasteiger partial charge in [0.1, 0.15) is 23.7 Å². The number of fused-ring (bicyclic) bond motifs is 1. The molecule has 0 aromatic heterocycles. The van der Waals surface area contributed by atoms with E-state index in [4.69, 9.17) is 4.74 Å². The Morgan fingerprint density at radius 3 is 2.78 bits per heavy atom. The SMILES string of the molecule is CCCN=C1NC2C(OC(C(F)F)C(O)C2O)S1. The summed E-state index contributed by atoms with van der Waals surface area (Å²) in [6.07, 6.45) is -6.49. The zero-order chi connectivity index (χ0) is 13.3. The van der Waals surface area contributed by atoms with E-state index in [0.29, 0.717) is 11.7 Å². The van der Waals surface area contributed by atoms with Crippen LogP contribution in [0.15, 0.2) is 4.99 Å². The number of aliphatic hydroxyl groups is 2. The molecule has 2 rings (SSSR count). The van der Waals surface area contributed by atoms with Gasteiger partial charge in [-0.1, -0.05) is 18.7 Å². The summed E-state index contributed by atoms with van der Waals surface area (Å²) in [5.41, 5.74) is -0.641. The maximum Gasteiger partial charge on any atom is 0.267 e. The van der Waals surface area contributed by atoms with Gasteiger partial charge in [0.15, 0.2) is 5.17 Å². The van der Waals surface area contributed by atoms with Gasteiger partial charge in [0.25, 0.3) is 6.43 Å². The Morgan fingerprint density at radius 1 is 1.44 bits per heavy atom. The van der Waals surface area contributed by atoms with Crippen LogP contribution in [0, 0.1) is 0 Å². The fourth-order valence-corrected chi connectivity index (χ4v) is 3.08. The number of nitrogens with one attached hydrogen (secondary N) is 1. The molecule has 5 unspecified atom stereocenters. The summed E-state index contributed by atoms with van der Waals surface area (Å²) < 4.78 is 30.4. The molecule has 3 N–H and O–H groups in total. The van der Waals surface area contributed by atoms with Gasteiger partial charge in [0.2, 0.25) is 0 Å². The monoisotopic (exact) mass is 282 g/mol. The van der Waals surface area contributed by atoms with Crippen molar-refractivity contribution in [3.63, 3.8) is 0 Å². The molecule has 2 heterocycles. The third-order valence-electron chi connectivity index (χ3n) is 2.88. The predicted molar refractivity (Wildman–Crippen MR) is 63.8 cm³/mol. The molecule has 8 heteroatoms. The number of aliphatic hydroxyl groups excluding tert-OH is 2. The Kier molecular flexibility index (Phi) is 4.41. The number of halogens is 2. The minimum atomic E-state index is -2.83. The zero-order valence-electron chi connectivity index (χ0n) is 9.79. The van der Waals surface area contributed by atoms with Crippen molar-refractivity contribution in [2.24, 2.45) is 4.99 Å². The van der Waals surface area contributed by atoms with Crippen LogP contribution in [0.5, 0.6) is 0 Å². The van der Waals surface area contributed by atoms with Crippen molar-refractivity contribution >= 4 is 16.9 Å². The second-order valence-electron chi connectivity index (χ2n) is 4.26. The second kappa shape index (κ2) is 5.68. The first-order valence-electron chi connectivity index (χ1n) is 5.82. The smallest absolute Gasteiger partial charge is 0.267 e. The third-order valence-corrected chi connectivity index (χ3v) is 3.99. The van der Waals surface area contributed by atoms with Gasteiger partial charge in [-0.3, -0.25) is 4.99 Å². The van der Waals surface area contributed by atoms with E-state index < -0.39 is 36.2 Å². The van der Waals surface area contributed by atoms with Crippen molar-refractivity contribution in [3.8, 4) is 0 Å². The Morgan fingerprint density at radius 2 is 2.17 bits per heavy atom. The molecular weight excluding hydrogens is 266 g/mol. The Balaban J connectivity index is 2.07. The van der Waals surface area contributed by atoms with E-state index in [1.165, 1.54) is 11.8 Å². The van der Waals surface area contributed by atoms with E-state index in [1.807, 2.05) is 6.92 Å². The largest absolute Gasteiger partial charge is 0.388 e. The first-order chi connectivity index (χ1) is 8.54. The molecule has 2 aliphatic rings. The van der Waals surface area contributed by atoms with Gasteiger partial charge in [-0.15, -0.1) is 0 Å². The number of ether oxygens (including phenoxy) is 1. The molecule has 5 nitrogen and oxygen atoms in total. The standard InChI is InChI=1S/C10H16F2N2O3S/c1-2-3-13-10-14-4-5(15)6(16)7(8(11)12)17-9(4)18-10/h4-9,15-16H,2-3H2,1H3,(H,13,14). The molecule has 0 aromatic rings. The highest BCUT2D eigenvalue weighted by atomic mass is 32.2. The van der Waals surface area contributed by atoms with Crippen LogP contribution in [-0.2, 0) is 4.74 Å². The van der Waals surface area contributed by atoms with Gasteiger partial charge in [-0.05, 0) is 6.42 Å². The van der Waals surface area contributed by atoms with Crippen molar-refractivity contribution in [2.45, 2.75) is 49.6 Å². The first-order valence-corrected chi connectivity index (χ1v) is 6.70. The molecule has 0 saturated carbocycles. The number of nitrogens with zero attached hydrogens (tertiary/aromatic N) is 1. The molecule has 0 radical (unpaired) electrons. The number of aliphatic imine (C=N–C) groups is 1. The van der Waals surface area contributed by atoms with Gasteiger partial charge in [-0.25, -0.2) is 8.78 Å². The number of alkyl halides is 2. The average Bonchev–Trinajstić information content (AvgIpc) is 2.74. The zero-order valence-corrected chi connectivity index (χ0v) is 10.6. The molecule has 0 aliphatic carbocycles. The van der Waals surface area contributed by atoms with Crippen molar-refractivity contribution in [3.05, 3.63) is 0 Å². The lowest BCUT2D eigenvalue weighted by molar-refractivity contribution is -0.195. The minimum absolute atomic E-state index is 0.563. The van der Waals surface area contributed by atoms with Gasteiger partial charge >= 0.3 is 0 Å². The molecule has 2 saturated heterocycles. The summed E-state index contributed by atoms with van der Waals surface area (Å²) in [6.45, 7) is 2.59. The predicted octanol–water partition coefficient (Wildman–Crippen LogP) is 0.169. The summed E-state index contributed by atoms with van der Waals surface area (Å²) in [5, 5.41) is 22.9. The Bertz CT molecular complexity index is 332. The number of amidine groups is 1. The third kappa shape index (κ3) is 2.61. The molecule has 18 heavy (non-hydrogen) atoms. The molecule has 2 fully saturated rings. The van der Waals surface area contributed by atoms with Crippen molar-refractivity contribution in [1.82, 2.24) is 5.32 Å². The normalized spacial score (nSPS) is 42.1. The van der Waals surface area contributed by atoms with E-state index in [9.17, 15) is 19.0 Å². The summed E-state index contributed by atoms with van der Waals surface area (Å²) in [4.78, 5) is 4.20. The highest BCUT2D eigenvalue weighted by molar-refractivity contribution is 8.14. The molecule has 2 aliphatic heterocycles. The molecule has 0 aromatic carbocycles. The quantitative estimate of drug-likeness (QED) is 0.688. The fraction of sp³-hybridized carbons (Fsp3) is 0.900. The van der Waals surface area contributed by atoms with Gasteiger partial charge in [-0.2, -0.15) is 0 Å². The molecule has 0 spiro atoms. The van der Waals surface area contributed by atoms with Crippen molar-refractivity contribution in [1.29, 1.82) is 0 Å². The number of thioether (sulfide) groups is 1. The van der Waals surface area contributed by atoms with Crippen LogP contribution in [0.3, 0.4) is 0 Å². The Hall–Kier alpha value is -0.440. The fourth-order valence-electron chi connectivity index (χ4n) is 1.93. The lowest BCUT2D eigenvalue weighted by Crippen LogP contribution is -2.60. The molecule has 0 amide bonds. The lowest BCUT2D eigenvalue weighted by atomic mass is 9.98. The van der Waals surface area contributed by atoms with Crippen LogP contribution in [0.2, 0.25) is 0 Å². The van der Waals surface area contributed by atoms with E-state index in [-0.39, 0.29) is 0 Å². The average molecular weight is 282 g/mol. The van der Waals surface area contributed by atoms with Crippen LogP contribution < -0.4 is 5.32 Å². The summed E-state index contributed by atoms with van der Waals surface area (Å²) >= 11 is 1.17. The van der Waals surface area contributed by atoms with E-state index in [0.717, 1.165) is 6.42 Å². The highest BCUT2D eigenvalue weighted by Gasteiger charge is 2.51. The summed E-state index contributed by atoms with van der Waals surface area (Å²) in [5.74, 6) is 0. The topological polar surface area (TPSA) is 74.1 Å². The lowest BCUT2D eigenvalue weighted by Gasteiger charge is -2.38. The van der Waals surface area contributed by atoms with Crippen molar-refractivity contribution in [2.75, 3.05) is 6.54 Å². The number of rotatable bonds is 3. The van der Waals surface area contributed by atoms with Crippen LogP contribution in [0.25, 0.3) is 0 Å². The number of hydrogen-bond donors (Lipinski definition) is 3. The maximum atomic E-state index is 12.6. The van der Waals surface area contributed by atoms with E-state index in [1.54, 1.807) is 0 Å².